The first-order valence-electron chi connectivity index (χ1n) is 6.91. The molecule has 1 N–H and O–H groups in total. The maximum absolute atomic E-state index is 12.3. The van der Waals surface area contributed by atoms with E-state index in [4.69, 9.17) is 9.47 Å². The predicted octanol–water partition coefficient (Wildman–Crippen LogP) is 3.25. The van der Waals surface area contributed by atoms with Gasteiger partial charge in [-0.1, -0.05) is 0 Å². The maximum atomic E-state index is 12.3. The van der Waals surface area contributed by atoms with Gasteiger partial charge in [-0.3, -0.25) is 14.9 Å². The molecule has 120 valence electrons. The van der Waals surface area contributed by atoms with Crippen LogP contribution >= 0.6 is 0 Å². The molecule has 0 aliphatic heterocycles. The molecule has 0 saturated carbocycles. The fraction of sp³-hybridized carbons (Fsp3) is 0.188. The lowest BCUT2D eigenvalue weighted by Crippen LogP contribution is -2.14. The third-order valence-corrected chi connectivity index (χ3v) is 3.07. The Morgan fingerprint density at radius 2 is 1.83 bits per heavy atom. The van der Waals surface area contributed by atoms with Gasteiger partial charge >= 0.3 is 0 Å². The van der Waals surface area contributed by atoms with E-state index in [-0.39, 0.29) is 11.3 Å². The van der Waals surface area contributed by atoms with Crippen LogP contribution in [0.1, 0.15) is 17.3 Å². The van der Waals surface area contributed by atoms with Crippen molar-refractivity contribution in [3.05, 3.63) is 58.1 Å². The summed E-state index contributed by atoms with van der Waals surface area (Å²) < 4.78 is 10.3. The van der Waals surface area contributed by atoms with E-state index in [1.807, 2.05) is 6.92 Å². The second-order valence-corrected chi connectivity index (χ2v) is 4.55. The van der Waals surface area contributed by atoms with Crippen LogP contribution in [0.5, 0.6) is 11.5 Å². The standard InChI is InChI=1S/C16H16N2O5/c1-3-23-12-6-4-11(5-7-12)17-16(19)14-10-13(22-2)8-9-15(14)18(20)21/h4-10H,3H2,1-2H3,(H,17,19). The average Bonchev–Trinajstić information content (AvgIpc) is 2.56. The van der Waals surface area contributed by atoms with Gasteiger partial charge in [0, 0.05) is 11.8 Å². The molecule has 2 rings (SSSR count). The molecule has 0 aliphatic rings. The normalized spacial score (nSPS) is 10.0. The van der Waals surface area contributed by atoms with Crippen molar-refractivity contribution in [1.29, 1.82) is 0 Å². The lowest BCUT2D eigenvalue weighted by atomic mass is 10.1. The number of anilines is 1. The predicted molar refractivity (Wildman–Crippen MR) is 85.2 cm³/mol. The number of nitrogens with zero attached hydrogens (tertiary/aromatic N) is 1. The van der Waals surface area contributed by atoms with Crippen molar-refractivity contribution in [3.63, 3.8) is 0 Å². The van der Waals surface area contributed by atoms with Crippen molar-refractivity contribution in [1.82, 2.24) is 0 Å². The van der Waals surface area contributed by atoms with E-state index in [2.05, 4.69) is 5.32 Å². The molecule has 2 aromatic rings. The van der Waals surface area contributed by atoms with Crippen LogP contribution in [-0.2, 0) is 0 Å². The largest absolute Gasteiger partial charge is 0.497 e. The van der Waals surface area contributed by atoms with E-state index in [9.17, 15) is 14.9 Å². The van der Waals surface area contributed by atoms with E-state index in [1.165, 1.54) is 25.3 Å². The molecule has 0 heterocycles. The molecule has 0 saturated heterocycles. The summed E-state index contributed by atoms with van der Waals surface area (Å²) in [6.07, 6.45) is 0. The first kappa shape index (κ1) is 16.3. The summed E-state index contributed by atoms with van der Waals surface area (Å²) in [5.74, 6) is 0.463. The Kier molecular flexibility index (Phi) is 5.14. The van der Waals surface area contributed by atoms with Crippen LogP contribution in [0.25, 0.3) is 0 Å². The van der Waals surface area contributed by atoms with Crippen LogP contribution < -0.4 is 14.8 Å². The molecule has 7 nitrogen and oxygen atoms in total. The van der Waals surface area contributed by atoms with Crippen molar-refractivity contribution in [2.24, 2.45) is 0 Å². The van der Waals surface area contributed by atoms with E-state index in [0.29, 0.717) is 23.8 Å². The zero-order chi connectivity index (χ0) is 16.8. The zero-order valence-corrected chi connectivity index (χ0v) is 12.7. The first-order chi connectivity index (χ1) is 11.0. The van der Waals surface area contributed by atoms with Crippen molar-refractivity contribution in [3.8, 4) is 11.5 Å². The Hall–Kier alpha value is -3.09. The maximum Gasteiger partial charge on any atom is 0.282 e. The summed E-state index contributed by atoms with van der Waals surface area (Å²) in [5, 5.41) is 13.7. The highest BCUT2D eigenvalue weighted by Crippen LogP contribution is 2.25. The van der Waals surface area contributed by atoms with E-state index >= 15 is 0 Å². The lowest BCUT2D eigenvalue weighted by molar-refractivity contribution is -0.385. The van der Waals surface area contributed by atoms with Gasteiger partial charge in [0.15, 0.2) is 0 Å². The van der Waals surface area contributed by atoms with Crippen LogP contribution in [0.2, 0.25) is 0 Å². The molecule has 0 unspecified atom stereocenters. The second kappa shape index (κ2) is 7.26. The SMILES string of the molecule is CCOc1ccc(NC(=O)c2cc(OC)ccc2[N+](=O)[O-])cc1. The number of amides is 1. The number of methoxy groups -OCH3 is 1. The van der Waals surface area contributed by atoms with E-state index in [0.717, 1.165) is 0 Å². The van der Waals surface area contributed by atoms with Crippen LogP contribution in [0, 0.1) is 10.1 Å². The van der Waals surface area contributed by atoms with Gasteiger partial charge in [-0.2, -0.15) is 0 Å². The Morgan fingerprint density at radius 3 is 2.39 bits per heavy atom. The highest BCUT2D eigenvalue weighted by Gasteiger charge is 2.21. The van der Waals surface area contributed by atoms with Crippen molar-refractivity contribution in [2.75, 3.05) is 19.0 Å². The molecule has 0 bridgehead atoms. The number of ether oxygens (including phenoxy) is 2. The molecule has 7 heteroatoms. The molecule has 2 aromatic carbocycles. The molecule has 0 spiro atoms. The molecular weight excluding hydrogens is 300 g/mol. The van der Waals surface area contributed by atoms with Gasteiger partial charge in [-0.25, -0.2) is 0 Å². The van der Waals surface area contributed by atoms with Gasteiger partial charge in [0.1, 0.15) is 17.1 Å². The summed E-state index contributed by atoms with van der Waals surface area (Å²) in [4.78, 5) is 22.8. The Morgan fingerprint density at radius 1 is 1.17 bits per heavy atom. The van der Waals surface area contributed by atoms with Crippen LogP contribution in [-0.4, -0.2) is 24.5 Å². The molecule has 23 heavy (non-hydrogen) atoms. The van der Waals surface area contributed by atoms with Crippen LogP contribution in [0.15, 0.2) is 42.5 Å². The number of nitrogens with one attached hydrogen (secondary N) is 1. The van der Waals surface area contributed by atoms with Gasteiger partial charge < -0.3 is 14.8 Å². The number of carbonyl (C=O) groups excluding carboxylic acids is 1. The minimum absolute atomic E-state index is 0.0664. The highest BCUT2D eigenvalue weighted by atomic mass is 16.6. The van der Waals surface area contributed by atoms with E-state index < -0.39 is 10.8 Å². The third kappa shape index (κ3) is 3.97. The molecule has 0 radical (unpaired) electrons. The molecule has 0 aromatic heterocycles. The number of hydrogen-bond acceptors (Lipinski definition) is 5. The third-order valence-electron chi connectivity index (χ3n) is 3.07. The Bertz CT molecular complexity index is 713. The van der Waals surface area contributed by atoms with Crippen molar-refractivity contribution in [2.45, 2.75) is 6.92 Å². The molecule has 1 amide bonds. The number of hydrogen-bond donors (Lipinski definition) is 1. The summed E-state index contributed by atoms with van der Waals surface area (Å²) >= 11 is 0. The minimum Gasteiger partial charge on any atom is -0.497 e. The number of nitro groups is 1. The fourth-order valence-corrected chi connectivity index (χ4v) is 1.98. The number of rotatable bonds is 6. The Balaban J connectivity index is 2.24. The molecule has 0 aliphatic carbocycles. The van der Waals surface area contributed by atoms with Gasteiger partial charge in [0.2, 0.25) is 0 Å². The fourth-order valence-electron chi connectivity index (χ4n) is 1.98. The van der Waals surface area contributed by atoms with Crippen molar-refractivity contribution >= 4 is 17.3 Å². The average molecular weight is 316 g/mol. The summed E-state index contributed by atoms with van der Waals surface area (Å²) in [7, 11) is 1.43. The monoisotopic (exact) mass is 316 g/mol. The number of nitro benzene ring substituents is 1. The Labute approximate surface area is 133 Å². The van der Waals surface area contributed by atoms with Gasteiger partial charge in [-0.15, -0.1) is 0 Å². The summed E-state index contributed by atoms with van der Waals surface area (Å²) in [5.41, 5.74) is 0.160. The number of carbonyl (C=O) groups is 1. The summed E-state index contributed by atoms with van der Waals surface area (Å²) in [6, 6.07) is 10.8. The first-order valence-corrected chi connectivity index (χ1v) is 6.91. The molecule has 0 fully saturated rings. The van der Waals surface area contributed by atoms with Gasteiger partial charge in [0.25, 0.3) is 11.6 Å². The topological polar surface area (TPSA) is 90.7 Å². The smallest absolute Gasteiger partial charge is 0.282 e. The molecule has 0 atom stereocenters. The van der Waals surface area contributed by atoms with Crippen LogP contribution in [0.3, 0.4) is 0 Å². The summed E-state index contributed by atoms with van der Waals surface area (Å²) in [6.45, 7) is 2.42. The van der Waals surface area contributed by atoms with Gasteiger partial charge in [-0.05, 0) is 43.3 Å². The van der Waals surface area contributed by atoms with Crippen molar-refractivity contribution < 1.29 is 19.2 Å². The minimum atomic E-state index is -0.605. The van der Waals surface area contributed by atoms with E-state index in [1.54, 1.807) is 24.3 Å². The van der Waals surface area contributed by atoms with Crippen LogP contribution in [0.4, 0.5) is 11.4 Å². The lowest BCUT2D eigenvalue weighted by Gasteiger charge is -2.08. The second-order valence-electron chi connectivity index (χ2n) is 4.55. The quantitative estimate of drug-likeness (QED) is 0.652. The van der Waals surface area contributed by atoms with Gasteiger partial charge in [0.05, 0.1) is 18.6 Å². The molecular formula is C16H16N2O5. The number of benzene rings is 2. The highest BCUT2D eigenvalue weighted by molar-refractivity contribution is 6.07. The zero-order valence-electron chi connectivity index (χ0n) is 12.7.